The summed E-state index contributed by atoms with van der Waals surface area (Å²) in [7, 11) is 0. The van der Waals surface area contributed by atoms with Gasteiger partial charge in [0.15, 0.2) is 5.78 Å². The van der Waals surface area contributed by atoms with Crippen molar-refractivity contribution < 1.29 is 9.53 Å². The second kappa shape index (κ2) is 4.03. The van der Waals surface area contributed by atoms with E-state index in [1.807, 2.05) is 18.2 Å². The zero-order valence-electron chi connectivity index (χ0n) is 8.82. The lowest BCUT2D eigenvalue weighted by atomic mass is 10.0. The van der Waals surface area contributed by atoms with Crippen molar-refractivity contribution in [2.75, 3.05) is 6.61 Å². The lowest BCUT2D eigenvalue weighted by molar-refractivity contribution is -0.119. The molecule has 0 saturated carbocycles. The van der Waals surface area contributed by atoms with Crippen molar-refractivity contribution in [2.24, 2.45) is 5.73 Å². The van der Waals surface area contributed by atoms with Crippen LogP contribution in [0.3, 0.4) is 0 Å². The number of hydrogen-bond donors (Lipinski definition) is 1. The number of carbonyl (C=O) groups is 1. The number of Topliss-reactive ketones (excluding diaryl/α,β-unsaturated/α-hetero) is 1. The van der Waals surface area contributed by atoms with Crippen LogP contribution in [-0.4, -0.2) is 18.4 Å². The SMILES string of the molecule is CC(N)C(=O)Cc1ccc2c(c1)CCO2. The Kier molecular flexibility index (Phi) is 2.73. The van der Waals surface area contributed by atoms with E-state index in [9.17, 15) is 4.79 Å². The molecule has 0 aliphatic carbocycles. The van der Waals surface area contributed by atoms with Crippen molar-refractivity contribution >= 4 is 5.78 Å². The first-order valence-electron chi connectivity index (χ1n) is 5.19. The Morgan fingerprint density at radius 2 is 2.40 bits per heavy atom. The van der Waals surface area contributed by atoms with Gasteiger partial charge >= 0.3 is 0 Å². The molecule has 0 aromatic heterocycles. The van der Waals surface area contributed by atoms with Gasteiger partial charge in [-0.05, 0) is 24.1 Å². The lowest BCUT2D eigenvalue weighted by Crippen LogP contribution is -2.28. The summed E-state index contributed by atoms with van der Waals surface area (Å²) in [6, 6.07) is 5.54. The minimum Gasteiger partial charge on any atom is -0.493 e. The van der Waals surface area contributed by atoms with Crippen molar-refractivity contribution in [1.82, 2.24) is 0 Å². The van der Waals surface area contributed by atoms with Crippen LogP contribution in [-0.2, 0) is 17.6 Å². The monoisotopic (exact) mass is 205 g/mol. The first kappa shape index (κ1) is 10.2. The van der Waals surface area contributed by atoms with E-state index in [0.29, 0.717) is 6.42 Å². The molecule has 2 rings (SSSR count). The van der Waals surface area contributed by atoms with Crippen LogP contribution in [0, 0.1) is 0 Å². The van der Waals surface area contributed by atoms with E-state index in [-0.39, 0.29) is 11.8 Å². The summed E-state index contributed by atoms with van der Waals surface area (Å²) in [5.74, 6) is 1.03. The molecule has 1 unspecified atom stereocenters. The average Bonchev–Trinajstić information content (AvgIpc) is 2.64. The molecule has 1 aromatic rings. The van der Waals surface area contributed by atoms with E-state index in [1.54, 1.807) is 6.92 Å². The van der Waals surface area contributed by atoms with Crippen LogP contribution in [0.2, 0.25) is 0 Å². The Morgan fingerprint density at radius 3 is 3.13 bits per heavy atom. The molecule has 3 heteroatoms. The van der Waals surface area contributed by atoms with Crippen molar-refractivity contribution in [3.63, 3.8) is 0 Å². The predicted molar refractivity (Wildman–Crippen MR) is 58.0 cm³/mol. The molecule has 2 N–H and O–H groups in total. The van der Waals surface area contributed by atoms with Gasteiger partial charge in [0, 0.05) is 12.8 Å². The molecule has 1 heterocycles. The fraction of sp³-hybridized carbons (Fsp3) is 0.417. The van der Waals surface area contributed by atoms with Crippen molar-refractivity contribution in [3.05, 3.63) is 29.3 Å². The number of ketones is 1. The highest BCUT2D eigenvalue weighted by atomic mass is 16.5. The topological polar surface area (TPSA) is 52.3 Å². The standard InChI is InChI=1S/C12H15NO2/c1-8(13)11(14)7-9-2-3-12-10(6-9)4-5-15-12/h2-3,6,8H,4-5,7,13H2,1H3. The molecule has 15 heavy (non-hydrogen) atoms. The summed E-state index contributed by atoms with van der Waals surface area (Å²) in [5, 5.41) is 0. The summed E-state index contributed by atoms with van der Waals surface area (Å²) in [5.41, 5.74) is 7.75. The largest absolute Gasteiger partial charge is 0.493 e. The van der Waals surface area contributed by atoms with Crippen molar-refractivity contribution in [3.8, 4) is 5.75 Å². The van der Waals surface area contributed by atoms with Crippen LogP contribution in [0.4, 0.5) is 0 Å². The smallest absolute Gasteiger partial charge is 0.153 e. The third-order valence-electron chi connectivity index (χ3n) is 2.64. The van der Waals surface area contributed by atoms with Gasteiger partial charge in [-0.25, -0.2) is 0 Å². The lowest BCUT2D eigenvalue weighted by Gasteiger charge is -2.05. The molecule has 0 radical (unpaired) electrons. The van der Waals surface area contributed by atoms with E-state index in [2.05, 4.69) is 0 Å². The van der Waals surface area contributed by atoms with Gasteiger partial charge in [0.2, 0.25) is 0 Å². The van der Waals surface area contributed by atoms with Gasteiger partial charge in [0.05, 0.1) is 12.6 Å². The van der Waals surface area contributed by atoms with Gasteiger partial charge < -0.3 is 10.5 Å². The number of hydrogen-bond acceptors (Lipinski definition) is 3. The molecule has 1 atom stereocenters. The van der Waals surface area contributed by atoms with Gasteiger partial charge in [-0.15, -0.1) is 0 Å². The molecular weight excluding hydrogens is 190 g/mol. The minimum absolute atomic E-state index is 0.0777. The Bertz CT molecular complexity index is 385. The zero-order chi connectivity index (χ0) is 10.8. The van der Waals surface area contributed by atoms with Gasteiger partial charge in [0.1, 0.15) is 5.75 Å². The highest BCUT2D eigenvalue weighted by Crippen LogP contribution is 2.26. The third-order valence-corrected chi connectivity index (χ3v) is 2.64. The quantitative estimate of drug-likeness (QED) is 0.803. The molecule has 0 amide bonds. The number of nitrogens with two attached hydrogens (primary N) is 1. The van der Waals surface area contributed by atoms with Gasteiger partial charge in [-0.1, -0.05) is 12.1 Å². The molecule has 0 bridgehead atoms. The maximum atomic E-state index is 11.5. The highest BCUT2D eigenvalue weighted by Gasteiger charge is 2.14. The van der Waals surface area contributed by atoms with Crippen molar-refractivity contribution in [1.29, 1.82) is 0 Å². The zero-order valence-corrected chi connectivity index (χ0v) is 8.82. The Labute approximate surface area is 89.2 Å². The molecule has 0 spiro atoms. The predicted octanol–water partition coefficient (Wildman–Crippen LogP) is 1.08. The molecule has 1 aromatic carbocycles. The number of carbonyl (C=O) groups excluding carboxylic acids is 1. The van der Waals surface area contributed by atoms with E-state index in [4.69, 9.17) is 10.5 Å². The maximum absolute atomic E-state index is 11.5. The Balaban J connectivity index is 2.13. The Hall–Kier alpha value is -1.35. The normalized spacial score (nSPS) is 15.6. The fourth-order valence-electron chi connectivity index (χ4n) is 1.71. The summed E-state index contributed by atoms with van der Waals surface area (Å²) < 4.78 is 5.40. The van der Waals surface area contributed by atoms with E-state index in [1.165, 1.54) is 5.56 Å². The van der Waals surface area contributed by atoms with Crippen LogP contribution in [0.1, 0.15) is 18.1 Å². The average molecular weight is 205 g/mol. The van der Waals surface area contributed by atoms with Gasteiger partial charge in [-0.3, -0.25) is 4.79 Å². The van der Waals surface area contributed by atoms with Gasteiger partial charge in [-0.2, -0.15) is 0 Å². The van der Waals surface area contributed by atoms with Crippen LogP contribution >= 0.6 is 0 Å². The first-order valence-corrected chi connectivity index (χ1v) is 5.19. The van der Waals surface area contributed by atoms with E-state index in [0.717, 1.165) is 24.3 Å². The molecular formula is C12H15NO2. The fourth-order valence-corrected chi connectivity index (χ4v) is 1.71. The molecule has 80 valence electrons. The second-order valence-corrected chi connectivity index (χ2v) is 3.97. The molecule has 3 nitrogen and oxygen atoms in total. The molecule has 1 aliphatic heterocycles. The summed E-state index contributed by atoms with van der Waals surface area (Å²) >= 11 is 0. The minimum atomic E-state index is -0.380. The number of benzene rings is 1. The second-order valence-electron chi connectivity index (χ2n) is 3.97. The first-order chi connectivity index (χ1) is 7.16. The summed E-state index contributed by atoms with van der Waals surface area (Å²) in [6.07, 6.45) is 1.36. The summed E-state index contributed by atoms with van der Waals surface area (Å²) in [6.45, 7) is 2.47. The molecule has 0 fully saturated rings. The number of rotatable bonds is 3. The van der Waals surface area contributed by atoms with Crippen LogP contribution in [0.5, 0.6) is 5.75 Å². The molecule has 1 aliphatic rings. The van der Waals surface area contributed by atoms with Crippen LogP contribution in [0.15, 0.2) is 18.2 Å². The number of fused-ring (bicyclic) bond motifs is 1. The van der Waals surface area contributed by atoms with Crippen LogP contribution in [0.25, 0.3) is 0 Å². The van der Waals surface area contributed by atoms with E-state index >= 15 is 0 Å². The highest BCUT2D eigenvalue weighted by molar-refractivity contribution is 5.85. The van der Waals surface area contributed by atoms with Crippen molar-refractivity contribution in [2.45, 2.75) is 25.8 Å². The summed E-state index contributed by atoms with van der Waals surface area (Å²) in [4.78, 5) is 11.5. The molecule has 0 saturated heterocycles. The third kappa shape index (κ3) is 2.18. The van der Waals surface area contributed by atoms with E-state index < -0.39 is 0 Å². The number of ether oxygens (including phenoxy) is 1. The van der Waals surface area contributed by atoms with Crippen LogP contribution < -0.4 is 10.5 Å². The Morgan fingerprint density at radius 1 is 1.60 bits per heavy atom. The maximum Gasteiger partial charge on any atom is 0.153 e. The van der Waals surface area contributed by atoms with Gasteiger partial charge in [0.25, 0.3) is 0 Å².